The fraction of sp³-hybridized carbons (Fsp3) is 0.655. The molecule has 3 fully saturated rings. The molecule has 41 heavy (non-hydrogen) atoms. The lowest BCUT2D eigenvalue weighted by Crippen LogP contribution is -2.55. The van der Waals surface area contributed by atoms with Gasteiger partial charge in [-0.1, -0.05) is 0 Å². The van der Waals surface area contributed by atoms with E-state index in [1.165, 1.54) is 10.9 Å². The summed E-state index contributed by atoms with van der Waals surface area (Å²) in [6, 6.07) is 3.01. The van der Waals surface area contributed by atoms with Crippen LogP contribution in [0.25, 0.3) is 0 Å². The Morgan fingerprint density at radius 2 is 2.02 bits per heavy atom. The molecule has 12 heteroatoms. The lowest BCUT2D eigenvalue weighted by Gasteiger charge is -2.42. The van der Waals surface area contributed by atoms with Crippen LogP contribution in [0.3, 0.4) is 0 Å². The molecule has 7 nitrogen and oxygen atoms in total. The minimum Gasteiger partial charge on any atom is -0.321 e. The van der Waals surface area contributed by atoms with Gasteiger partial charge in [0.05, 0.1) is 5.56 Å². The second kappa shape index (κ2) is 11.8. The highest BCUT2D eigenvalue weighted by Crippen LogP contribution is 2.66. The van der Waals surface area contributed by atoms with E-state index in [1.807, 2.05) is 18.1 Å². The predicted octanol–water partition coefficient (Wildman–Crippen LogP) is 5.39. The number of aromatic nitrogens is 1. The smallest absolute Gasteiger partial charge is 0.321 e. The van der Waals surface area contributed by atoms with E-state index < -0.39 is 23.6 Å². The van der Waals surface area contributed by atoms with Crippen molar-refractivity contribution in [3.05, 3.63) is 45.7 Å². The summed E-state index contributed by atoms with van der Waals surface area (Å²) in [5, 5.41) is 6.84. The zero-order chi connectivity index (χ0) is 29.5. The van der Waals surface area contributed by atoms with Gasteiger partial charge in [-0.25, -0.2) is 14.2 Å². The molecule has 2 aliphatic carbocycles. The molecule has 5 rings (SSSR count). The molecule has 0 bridgehead atoms. The second-order valence-electron chi connectivity index (χ2n) is 12.0. The number of benzene rings is 1. The van der Waals surface area contributed by atoms with Crippen molar-refractivity contribution in [1.82, 2.24) is 25.0 Å². The van der Waals surface area contributed by atoms with Gasteiger partial charge in [-0.05, 0) is 77.7 Å². The molecule has 0 spiro atoms. The van der Waals surface area contributed by atoms with E-state index >= 15 is 0 Å². The Kier molecular flexibility index (Phi) is 8.67. The van der Waals surface area contributed by atoms with Crippen molar-refractivity contribution in [2.75, 3.05) is 45.6 Å². The number of alkyl halides is 3. The number of hydrogen-bond donors (Lipinski definition) is 2. The van der Waals surface area contributed by atoms with Gasteiger partial charge in [0, 0.05) is 73.0 Å². The van der Waals surface area contributed by atoms with Crippen LogP contribution < -0.4 is 10.6 Å². The maximum absolute atomic E-state index is 13.9. The molecule has 1 aliphatic heterocycles. The number of halogens is 4. The standard InChI is InChI=1S/C29H40F4N6OS/c1-18-17-38(19(2)16-37(18)4)10-5-11-39(27(40)36-20-6-7-23(30)21(12-20)29(31,32)33)24-8-9-28(13-22(24)28)25-14-35-26(41-25)15-34-3/h6-7,12,14,18-19,22,24,34H,5,8-11,13,15-17H2,1-4H3,(H,36,40)/t18-,19-,22-,24+,28+/m0/s1. The van der Waals surface area contributed by atoms with E-state index in [0.717, 1.165) is 56.4 Å². The van der Waals surface area contributed by atoms with Crippen molar-refractivity contribution in [2.24, 2.45) is 5.92 Å². The third kappa shape index (κ3) is 6.25. The Balaban J connectivity index is 1.32. The minimum atomic E-state index is -4.85. The molecule has 0 unspecified atom stereocenters. The average molecular weight is 597 g/mol. The monoisotopic (exact) mass is 596 g/mol. The first-order chi connectivity index (χ1) is 19.4. The first-order valence-electron chi connectivity index (χ1n) is 14.4. The molecule has 1 aromatic heterocycles. The Hall–Kier alpha value is -2.28. The zero-order valence-corrected chi connectivity index (χ0v) is 24.9. The van der Waals surface area contributed by atoms with Crippen LogP contribution in [-0.4, -0.2) is 84.1 Å². The highest BCUT2D eigenvalue weighted by molar-refractivity contribution is 7.11. The average Bonchev–Trinajstić information content (AvgIpc) is 3.24. The van der Waals surface area contributed by atoms with Gasteiger partial charge >= 0.3 is 12.2 Å². The highest BCUT2D eigenvalue weighted by Gasteiger charge is 2.65. The van der Waals surface area contributed by atoms with Crippen LogP contribution in [0.15, 0.2) is 24.4 Å². The number of fused-ring (bicyclic) bond motifs is 1. The van der Waals surface area contributed by atoms with Gasteiger partial charge in [0.25, 0.3) is 0 Å². The molecule has 0 radical (unpaired) electrons. The zero-order valence-electron chi connectivity index (χ0n) is 24.1. The number of carbonyl (C=O) groups excluding carboxylic acids is 1. The van der Waals surface area contributed by atoms with E-state index in [1.54, 1.807) is 11.3 Å². The van der Waals surface area contributed by atoms with Gasteiger partial charge in [-0.3, -0.25) is 4.90 Å². The topological polar surface area (TPSA) is 63.7 Å². The molecule has 1 aromatic carbocycles. The van der Waals surface area contributed by atoms with Crippen LogP contribution in [0.1, 0.15) is 55.0 Å². The summed E-state index contributed by atoms with van der Waals surface area (Å²) in [5.74, 6) is -1.07. The lowest BCUT2D eigenvalue weighted by atomic mass is 10.0. The van der Waals surface area contributed by atoms with Crippen molar-refractivity contribution >= 4 is 23.1 Å². The SMILES string of the molecule is CNCc1ncc([C@@]23CC[C@@H](N(CCCN4C[C@H](C)N(C)C[C@@H]4C)C(=O)Nc4ccc(F)c(C(F)(F)F)c4)[C@@H]2C3)s1. The normalized spacial score (nSPS) is 28.5. The lowest BCUT2D eigenvalue weighted by molar-refractivity contribution is -0.139. The maximum atomic E-state index is 13.9. The quantitative estimate of drug-likeness (QED) is 0.381. The van der Waals surface area contributed by atoms with Crippen molar-refractivity contribution in [2.45, 2.75) is 75.8 Å². The summed E-state index contributed by atoms with van der Waals surface area (Å²) in [7, 11) is 4.03. The summed E-state index contributed by atoms with van der Waals surface area (Å²) < 4.78 is 53.9. The van der Waals surface area contributed by atoms with Crippen LogP contribution in [0.4, 0.5) is 28.0 Å². The summed E-state index contributed by atoms with van der Waals surface area (Å²) >= 11 is 1.72. The van der Waals surface area contributed by atoms with Crippen molar-refractivity contribution in [1.29, 1.82) is 0 Å². The molecular weight excluding hydrogens is 556 g/mol. The molecular formula is C29H40F4N6OS. The number of piperazine rings is 1. The Morgan fingerprint density at radius 3 is 2.73 bits per heavy atom. The second-order valence-corrected chi connectivity index (χ2v) is 13.1. The summed E-state index contributed by atoms with van der Waals surface area (Å²) in [5.41, 5.74) is -1.42. The van der Waals surface area contributed by atoms with Crippen LogP contribution in [0.2, 0.25) is 0 Å². The molecule has 2 heterocycles. The van der Waals surface area contributed by atoms with E-state index in [9.17, 15) is 22.4 Å². The van der Waals surface area contributed by atoms with Gasteiger partial charge in [-0.2, -0.15) is 13.2 Å². The first-order valence-corrected chi connectivity index (χ1v) is 15.2. The van der Waals surface area contributed by atoms with Crippen LogP contribution in [0, 0.1) is 11.7 Å². The number of rotatable bonds is 9. The minimum absolute atomic E-state index is 0.0174. The number of anilines is 1. The fourth-order valence-corrected chi connectivity index (χ4v) is 8.07. The molecule has 2 N–H and O–H groups in total. The number of thiazole rings is 1. The molecule has 3 aliphatic rings. The van der Waals surface area contributed by atoms with Crippen molar-refractivity contribution in [3.63, 3.8) is 0 Å². The molecule has 226 valence electrons. The summed E-state index contributed by atoms with van der Waals surface area (Å²) in [6.07, 6.45) is 0.641. The summed E-state index contributed by atoms with van der Waals surface area (Å²) in [4.78, 5) is 26.1. The number of urea groups is 1. The molecule has 5 atom stereocenters. The van der Waals surface area contributed by atoms with Crippen LogP contribution >= 0.6 is 11.3 Å². The largest absolute Gasteiger partial charge is 0.419 e. The first kappa shape index (κ1) is 30.2. The number of nitrogens with zero attached hydrogens (tertiary/aromatic N) is 4. The Bertz CT molecular complexity index is 1240. The number of carbonyl (C=O) groups is 1. The van der Waals surface area contributed by atoms with E-state index in [2.05, 4.69) is 46.3 Å². The number of nitrogens with one attached hydrogen (secondary N) is 2. The van der Waals surface area contributed by atoms with Gasteiger partial charge in [0.1, 0.15) is 10.8 Å². The van der Waals surface area contributed by atoms with E-state index in [4.69, 9.17) is 0 Å². The van der Waals surface area contributed by atoms with Crippen molar-refractivity contribution < 1.29 is 22.4 Å². The fourth-order valence-electron chi connectivity index (χ4n) is 6.85. The Morgan fingerprint density at radius 1 is 1.24 bits per heavy atom. The number of hydrogen-bond acceptors (Lipinski definition) is 6. The molecule has 2 aromatic rings. The van der Waals surface area contributed by atoms with Gasteiger partial charge < -0.3 is 20.4 Å². The van der Waals surface area contributed by atoms with Crippen LogP contribution in [0.5, 0.6) is 0 Å². The number of amides is 2. The number of likely N-dealkylation sites (N-methyl/N-ethyl adjacent to an activating group) is 1. The van der Waals surface area contributed by atoms with E-state index in [0.29, 0.717) is 31.2 Å². The molecule has 2 amide bonds. The Labute approximate surface area is 243 Å². The third-order valence-corrected chi connectivity index (χ3v) is 10.5. The van der Waals surface area contributed by atoms with Crippen molar-refractivity contribution in [3.8, 4) is 0 Å². The molecule has 2 saturated carbocycles. The molecule has 1 saturated heterocycles. The van der Waals surface area contributed by atoms with Gasteiger partial charge in [0.15, 0.2) is 0 Å². The summed E-state index contributed by atoms with van der Waals surface area (Å²) in [6.45, 7) is 8.41. The van der Waals surface area contributed by atoms with Crippen LogP contribution in [-0.2, 0) is 18.1 Å². The maximum Gasteiger partial charge on any atom is 0.419 e. The van der Waals surface area contributed by atoms with Gasteiger partial charge in [0.2, 0.25) is 0 Å². The third-order valence-electron chi connectivity index (χ3n) is 9.31. The van der Waals surface area contributed by atoms with E-state index in [-0.39, 0.29) is 23.1 Å². The van der Waals surface area contributed by atoms with Gasteiger partial charge in [-0.15, -0.1) is 11.3 Å². The highest BCUT2D eigenvalue weighted by atomic mass is 32.1. The predicted molar refractivity (Wildman–Crippen MR) is 153 cm³/mol.